The predicted octanol–water partition coefficient (Wildman–Crippen LogP) is 5.33. The van der Waals surface area contributed by atoms with Crippen molar-refractivity contribution in [3.05, 3.63) is 84.0 Å². The summed E-state index contributed by atoms with van der Waals surface area (Å²) >= 11 is 0. The van der Waals surface area contributed by atoms with Crippen LogP contribution in [0, 0.1) is 0 Å². The average molecular weight is 445 g/mol. The highest BCUT2D eigenvalue weighted by Crippen LogP contribution is 2.39. The number of hydrogen-bond donors (Lipinski definition) is 2. The molecule has 1 unspecified atom stereocenters. The van der Waals surface area contributed by atoms with Gasteiger partial charge in [-0.3, -0.25) is 0 Å². The molecule has 0 saturated carbocycles. The summed E-state index contributed by atoms with van der Waals surface area (Å²) in [5, 5.41) is 12.2. The molecule has 164 valence electrons. The molecule has 2 aromatic heterocycles. The molecule has 32 heavy (non-hydrogen) atoms. The Balaban J connectivity index is 1.78. The monoisotopic (exact) mass is 445 g/mol. The quantitative estimate of drug-likeness (QED) is 0.516. The van der Waals surface area contributed by atoms with Crippen molar-refractivity contribution in [3.63, 3.8) is 0 Å². The summed E-state index contributed by atoms with van der Waals surface area (Å²) in [5.74, 6) is -3.42. The predicted molar refractivity (Wildman–Crippen MR) is 107 cm³/mol. The Labute approximate surface area is 178 Å². The van der Waals surface area contributed by atoms with E-state index in [-0.39, 0.29) is 17.9 Å². The summed E-state index contributed by atoms with van der Waals surface area (Å²) < 4.78 is 60.3. The van der Waals surface area contributed by atoms with Gasteiger partial charge in [0, 0.05) is 6.42 Å². The zero-order valence-electron chi connectivity index (χ0n) is 16.2. The first kappa shape index (κ1) is 21.3. The number of nitrogens with one attached hydrogen (secondary N) is 1. The minimum absolute atomic E-state index is 0.00912. The molecule has 1 aliphatic carbocycles. The van der Waals surface area contributed by atoms with Gasteiger partial charge in [-0.25, -0.2) is 19.2 Å². The molecule has 0 spiro atoms. The summed E-state index contributed by atoms with van der Waals surface area (Å²) in [6.45, 7) is 0. The van der Waals surface area contributed by atoms with Gasteiger partial charge in [0.05, 0.1) is 6.26 Å². The molecule has 0 radical (unpaired) electrons. The molecule has 10 heteroatoms. The third-order valence-electron chi connectivity index (χ3n) is 4.92. The third kappa shape index (κ3) is 3.98. The molecule has 6 nitrogen and oxygen atoms in total. The van der Waals surface area contributed by atoms with Gasteiger partial charge in [0.15, 0.2) is 17.0 Å². The largest absolute Gasteiger partial charge is 0.479 e. The Morgan fingerprint density at radius 3 is 2.47 bits per heavy atom. The molecular weight excluding hydrogens is 430 g/mol. The summed E-state index contributed by atoms with van der Waals surface area (Å²) in [4.78, 5) is 19.5. The van der Waals surface area contributed by atoms with E-state index in [2.05, 4.69) is 15.3 Å². The van der Waals surface area contributed by atoms with E-state index in [0.717, 1.165) is 6.08 Å². The number of furan rings is 1. The lowest BCUT2D eigenvalue weighted by molar-refractivity contribution is -0.141. The molecule has 2 heterocycles. The standard InChI is InChI=1S/C22H15F4N3O3/c23-17-9-8-14(13-5-2-1-3-6-13)12-21(17,19(30)31)29-20-27-15(16-7-4-10-32-16)11-18(28-20)22(24,25)26/h1-11H,12H2,(H,30,31)(H,27,28,29). The van der Waals surface area contributed by atoms with E-state index >= 15 is 0 Å². The maximum Gasteiger partial charge on any atom is 0.433 e. The normalized spacial score (nSPS) is 18.6. The van der Waals surface area contributed by atoms with Gasteiger partial charge in [-0.05, 0) is 35.4 Å². The first-order valence-corrected chi connectivity index (χ1v) is 9.33. The first-order chi connectivity index (χ1) is 15.2. The van der Waals surface area contributed by atoms with Crippen molar-refractivity contribution in [2.75, 3.05) is 5.32 Å². The van der Waals surface area contributed by atoms with Crippen molar-refractivity contribution in [2.24, 2.45) is 0 Å². The number of carboxylic acid groups (broad SMARTS) is 1. The molecule has 1 atom stereocenters. The maximum atomic E-state index is 14.9. The molecule has 0 saturated heterocycles. The van der Waals surface area contributed by atoms with Crippen LogP contribution in [0.15, 0.2) is 77.2 Å². The van der Waals surface area contributed by atoms with E-state index < -0.39 is 35.2 Å². The van der Waals surface area contributed by atoms with E-state index in [0.29, 0.717) is 17.2 Å². The van der Waals surface area contributed by atoms with Gasteiger partial charge in [-0.2, -0.15) is 13.2 Å². The summed E-state index contributed by atoms with van der Waals surface area (Å²) in [6.07, 6.45) is -1.60. The van der Waals surface area contributed by atoms with E-state index in [1.165, 1.54) is 24.5 Å². The van der Waals surface area contributed by atoms with Crippen LogP contribution in [0.4, 0.5) is 23.5 Å². The number of benzene rings is 1. The number of hydrogen-bond acceptors (Lipinski definition) is 5. The second kappa shape index (κ2) is 7.95. The molecule has 0 bridgehead atoms. The Morgan fingerprint density at radius 1 is 1.09 bits per heavy atom. The molecule has 2 N–H and O–H groups in total. The average Bonchev–Trinajstić information content (AvgIpc) is 3.30. The van der Waals surface area contributed by atoms with Crippen molar-refractivity contribution < 1.29 is 31.9 Å². The molecule has 0 fully saturated rings. The molecule has 1 aliphatic rings. The van der Waals surface area contributed by atoms with Crippen molar-refractivity contribution in [3.8, 4) is 11.5 Å². The van der Waals surface area contributed by atoms with Gasteiger partial charge in [0.2, 0.25) is 5.95 Å². The number of anilines is 1. The lowest BCUT2D eigenvalue weighted by Crippen LogP contribution is -2.48. The number of alkyl halides is 3. The third-order valence-corrected chi connectivity index (χ3v) is 4.92. The van der Waals surface area contributed by atoms with Crippen LogP contribution in [0.3, 0.4) is 0 Å². The zero-order chi connectivity index (χ0) is 22.9. The minimum atomic E-state index is -4.85. The van der Waals surface area contributed by atoms with Crippen LogP contribution in [-0.2, 0) is 11.0 Å². The Bertz CT molecular complexity index is 1200. The van der Waals surface area contributed by atoms with Crippen LogP contribution in [0.5, 0.6) is 0 Å². The van der Waals surface area contributed by atoms with Gasteiger partial charge < -0.3 is 14.8 Å². The van der Waals surface area contributed by atoms with Crippen LogP contribution in [0.1, 0.15) is 17.7 Å². The number of allylic oxidation sites excluding steroid dienone is 2. The van der Waals surface area contributed by atoms with Crippen LogP contribution >= 0.6 is 0 Å². The Hall–Kier alpha value is -3.95. The number of nitrogens with zero attached hydrogens (tertiary/aromatic N) is 2. The number of carbonyl (C=O) groups is 1. The number of carboxylic acids is 1. The smallest absolute Gasteiger partial charge is 0.433 e. The molecule has 4 rings (SSSR count). The number of aromatic nitrogens is 2. The van der Waals surface area contributed by atoms with Crippen molar-refractivity contribution in [1.29, 1.82) is 0 Å². The summed E-state index contributed by atoms with van der Waals surface area (Å²) in [7, 11) is 0. The molecule has 1 aromatic carbocycles. The zero-order valence-corrected chi connectivity index (χ0v) is 16.2. The fourth-order valence-corrected chi connectivity index (χ4v) is 3.32. The highest BCUT2D eigenvalue weighted by Gasteiger charge is 2.47. The van der Waals surface area contributed by atoms with Crippen LogP contribution < -0.4 is 5.32 Å². The van der Waals surface area contributed by atoms with Crippen LogP contribution in [0.25, 0.3) is 17.0 Å². The number of rotatable bonds is 5. The highest BCUT2D eigenvalue weighted by molar-refractivity contribution is 5.91. The minimum Gasteiger partial charge on any atom is -0.479 e. The lowest BCUT2D eigenvalue weighted by atomic mass is 9.82. The Kier molecular flexibility index (Phi) is 5.29. The second-order valence-corrected chi connectivity index (χ2v) is 7.02. The fraction of sp³-hybridized carbons (Fsp3) is 0.136. The van der Waals surface area contributed by atoms with Gasteiger partial charge in [0.1, 0.15) is 11.5 Å². The SMILES string of the molecule is O=C(O)C1(Nc2nc(-c3ccco3)cc(C(F)(F)F)n2)CC(c2ccccc2)=CC=C1F. The highest BCUT2D eigenvalue weighted by atomic mass is 19.4. The molecular formula is C22H15F4N3O3. The van der Waals surface area contributed by atoms with Gasteiger partial charge >= 0.3 is 12.1 Å². The number of aliphatic carboxylic acids is 1. The van der Waals surface area contributed by atoms with Gasteiger partial charge in [-0.1, -0.05) is 36.4 Å². The second-order valence-electron chi connectivity index (χ2n) is 7.02. The Morgan fingerprint density at radius 2 is 1.84 bits per heavy atom. The van der Waals surface area contributed by atoms with Crippen LogP contribution in [0.2, 0.25) is 0 Å². The number of halogens is 4. The van der Waals surface area contributed by atoms with Gasteiger partial charge in [0.25, 0.3) is 0 Å². The first-order valence-electron chi connectivity index (χ1n) is 9.33. The topological polar surface area (TPSA) is 88.2 Å². The van der Waals surface area contributed by atoms with Crippen molar-refractivity contribution in [2.45, 2.75) is 18.1 Å². The molecule has 3 aromatic rings. The van der Waals surface area contributed by atoms with E-state index in [9.17, 15) is 27.5 Å². The lowest BCUT2D eigenvalue weighted by Gasteiger charge is -2.32. The van der Waals surface area contributed by atoms with Gasteiger partial charge in [-0.15, -0.1) is 0 Å². The molecule has 0 amide bonds. The van der Waals surface area contributed by atoms with Crippen molar-refractivity contribution >= 4 is 17.5 Å². The fourth-order valence-electron chi connectivity index (χ4n) is 3.32. The van der Waals surface area contributed by atoms with E-state index in [1.807, 2.05) is 0 Å². The van der Waals surface area contributed by atoms with Crippen LogP contribution in [-0.4, -0.2) is 26.6 Å². The van der Waals surface area contributed by atoms with Crippen molar-refractivity contribution in [1.82, 2.24) is 9.97 Å². The summed E-state index contributed by atoms with van der Waals surface area (Å²) in [5.41, 5.74) is -2.85. The van der Waals surface area contributed by atoms with E-state index in [4.69, 9.17) is 4.42 Å². The summed E-state index contributed by atoms with van der Waals surface area (Å²) in [6, 6.07) is 12.2. The maximum absolute atomic E-state index is 14.9. The van der Waals surface area contributed by atoms with E-state index in [1.54, 1.807) is 30.3 Å². The molecule has 0 aliphatic heterocycles.